The van der Waals surface area contributed by atoms with Crippen LogP contribution in [0.25, 0.3) is 10.9 Å². The fourth-order valence-electron chi connectivity index (χ4n) is 2.84. The number of hydrogen-bond acceptors (Lipinski definition) is 5. The van der Waals surface area contributed by atoms with Crippen molar-refractivity contribution in [3.05, 3.63) is 65.3 Å². The zero-order chi connectivity index (χ0) is 20.2. The normalized spacial score (nSPS) is 17.9. The summed E-state index contributed by atoms with van der Waals surface area (Å²) in [5.41, 5.74) is 2.54. The van der Waals surface area contributed by atoms with Gasteiger partial charge in [0.25, 0.3) is 0 Å². The van der Waals surface area contributed by atoms with Gasteiger partial charge in [-0.05, 0) is 30.3 Å². The molecule has 1 fully saturated rings. The second-order valence-corrected chi connectivity index (χ2v) is 7.92. The molecule has 2 amide bonds. The van der Waals surface area contributed by atoms with Crippen LogP contribution in [0.2, 0.25) is 5.02 Å². The number of para-hydroxylation sites is 1. The number of amidine groups is 1. The summed E-state index contributed by atoms with van der Waals surface area (Å²) in [7, 11) is 0. The van der Waals surface area contributed by atoms with E-state index in [4.69, 9.17) is 11.6 Å². The lowest BCUT2D eigenvalue weighted by atomic mass is 10.2. The number of H-pyrrole nitrogens is 1. The molecule has 1 atom stereocenters. The number of carbonyl (C=O) groups excluding carboxylic acids is 2. The van der Waals surface area contributed by atoms with Gasteiger partial charge in [-0.25, -0.2) is 0 Å². The molecule has 1 aliphatic heterocycles. The number of aromatic nitrogens is 1. The van der Waals surface area contributed by atoms with Crippen molar-refractivity contribution >= 4 is 63.1 Å². The van der Waals surface area contributed by atoms with Crippen LogP contribution in [0, 0.1) is 0 Å². The van der Waals surface area contributed by atoms with Crippen molar-refractivity contribution in [1.29, 1.82) is 0 Å². The van der Waals surface area contributed by atoms with Crippen molar-refractivity contribution in [3.8, 4) is 0 Å². The average Bonchev–Trinajstić information content (AvgIpc) is 3.27. The first-order chi connectivity index (χ1) is 14.1. The minimum atomic E-state index is -0.552. The first kappa shape index (κ1) is 19.2. The van der Waals surface area contributed by atoms with Crippen molar-refractivity contribution in [2.75, 3.05) is 5.32 Å². The number of halogens is 1. The quantitative estimate of drug-likeness (QED) is 0.428. The maximum Gasteiger partial charge on any atom is 0.240 e. The second kappa shape index (κ2) is 8.50. The van der Waals surface area contributed by atoms with E-state index in [-0.39, 0.29) is 18.2 Å². The monoisotopic (exact) mass is 425 g/mol. The van der Waals surface area contributed by atoms with Gasteiger partial charge >= 0.3 is 0 Å². The number of carbonyl (C=O) groups is 2. The van der Waals surface area contributed by atoms with E-state index < -0.39 is 5.25 Å². The molecule has 146 valence electrons. The molecule has 1 aromatic heterocycles. The predicted octanol–water partition coefficient (Wildman–Crippen LogP) is 3.77. The smallest absolute Gasteiger partial charge is 0.240 e. The van der Waals surface area contributed by atoms with Gasteiger partial charge in [-0.3, -0.25) is 9.59 Å². The van der Waals surface area contributed by atoms with Gasteiger partial charge in [0.05, 0.1) is 6.21 Å². The van der Waals surface area contributed by atoms with E-state index in [0.717, 1.165) is 16.5 Å². The number of nitrogens with zero attached hydrogens (tertiary/aromatic N) is 2. The number of hydrogen-bond donors (Lipinski definition) is 3. The number of nitrogens with one attached hydrogen (secondary N) is 3. The van der Waals surface area contributed by atoms with Crippen molar-refractivity contribution in [2.24, 2.45) is 10.2 Å². The van der Waals surface area contributed by atoms with Gasteiger partial charge in [0, 0.05) is 39.8 Å². The first-order valence-corrected chi connectivity index (χ1v) is 10.0. The van der Waals surface area contributed by atoms with Crippen LogP contribution in [0.1, 0.15) is 12.0 Å². The summed E-state index contributed by atoms with van der Waals surface area (Å²) in [5.74, 6) is -0.522. The highest BCUT2D eigenvalue weighted by atomic mass is 35.5. The van der Waals surface area contributed by atoms with E-state index in [9.17, 15) is 9.59 Å². The summed E-state index contributed by atoms with van der Waals surface area (Å²) in [6, 6.07) is 14.6. The third-order valence-corrected chi connectivity index (χ3v) is 5.57. The van der Waals surface area contributed by atoms with Gasteiger partial charge in [0.1, 0.15) is 5.25 Å². The molecular weight excluding hydrogens is 410 g/mol. The molecular formula is C20H16ClN5O2S. The second-order valence-electron chi connectivity index (χ2n) is 6.29. The Kier molecular flexibility index (Phi) is 5.64. The third kappa shape index (κ3) is 4.67. The fourth-order valence-corrected chi connectivity index (χ4v) is 3.89. The number of benzene rings is 2. The Balaban J connectivity index is 1.35. The van der Waals surface area contributed by atoms with E-state index in [1.165, 1.54) is 11.8 Å². The maximum atomic E-state index is 12.2. The molecule has 1 saturated heterocycles. The van der Waals surface area contributed by atoms with E-state index >= 15 is 0 Å². The van der Waals surface area contributed by atoms with Crippen molar-refractivity contribution in [2.45, 2.75) is 11.7 Å². The zero-order valence-corrected chi connectivity index (χ0v) is 16.6. The molecule has 0 aliphatic carbocycles. The maximum absolute atomic E-state index is 12.2. The molecule has 2 heterocycles. The molecule has 0 saturated carbocycles. The van der Waals surface area contributed by atoms with Gasteiger partial charge < -0.3 is 15.6 Å². The Hall–Kier alpha value is -3.10. The van der Waals surface area contributed by atoms with Crippen LogP contribution in [-0.2, 0) is 9.59 Å². The summed E-state index contributed by atoms with van der Waals surface area (Å²) < 4.78 is 0. The highest BCUT2D eigenvalue weighted by molar-refractivity contribution is 8.15. The van der Waals surface area contributed by atoms with Crippen molar-refractivity contribution in [3.63, 3.8) is 0 Å². The number of thioether (sulfide) groups is 1. The molecule has 2 aromatic carbocycles. The lowest BCUT2D eigenvalue weighted by Gasteiger charge is -2.07. The van der Waals surface area contributed by atoms with E-state index in [2.05, 4.69) is 25.8 Å². The van der Waals surface area contributed by atoms with Gasteiger partial charge in [0.15, 0.2) is 5.17 Å². The molecule has 0 spiro atoms. The molecule has 0 unspecified atom stereocenters. The minimum Gasteiger partial charge on any atom is -0.361 e. The van der Waals surface area contributed by atoms with Crippen LogP contribution in [0.4, 0.5) is 5.69 Å². The van der Waals surface area contributed by atoms with Gasteiger partial charge in [-0.2, -0.15) is 5.10 Å². The fraction of sp³-hybridized carbons (Fsp3) is 0.100. The van der Waals surface area contributed by atoms with Crippen LogP contribution in [-0.4, -0.2) is 33.4 Å². The molecule has 29 heavy (non-hydrogen) atoms. The van der Waals surface area contributed by atoms with Crippen LogP contribution < -0.4 is 10.6 Å². The topological polar surface area (TPSA) is 98.7 Å². The minimum absolute atomic E-state index is 0.0321. The van der Waals surface area contributed by atoms with Gasteiger partial charge in [0.2, 0.25) is 11.8 Å². The summed E-state index contributed by atoms with van der Waals surface area (Å²) in [6.07, 6.45) is 3.50. The Morgan fingerprint density at radius 1 is 1.21 bits per heavy atom. The summed E-state index contributed by atoms with van der Waals surface area (Å²) in [6.45, 7) is 0. The largest absolute Gasteiger partial charge is 0.361 e. The lowest BCUT2D eigenvalue weighted by molar-refractivity contribution is -0.122. The van der Waals surface area contributed by atoms with E-state index in [1.54, 1.807) is 30.5 Å². The van der Waals surface area contributed by atoms with Crippen LogP contribution in [0.15, 0.2) is 64.9 Å². The van der Waals surface area contributed by atoms with Crippen molar-refractivity contribution in [1.82, 2.24) is 10.3 Å². The SMILES string of the molecule is O=C(C[C@H]1S/C(=N\N=C/c2c[nH]c3ccccc23)NC1=O)Nc1ccc(Cl)cc1. The standard InChI is InChI=1S/C20H16ClN5O2S/c21-13-5-7-14(8-6-13)24-18(27)9-17-19(28)25-20(29-17)26-23-11-12-10-22-16-4-2-1-3-15(12)16/h1-8,10-11,17,22H,9H2,(H,24,27)(H,25,26,28)/b23-11-/t17-/m1/s1. The number of anilines is 1. The Bertz CT molecular complexity index is 1120. The third-order valence-electron chi connectivity index (χ3n) is 4.24. The number of aromatic amines is 1. The molecule has 3 aromatic rings. The molecule has 0 radical (unpaired) electrons. The molecule has 3 N–H and O–H groups in total. The van der Waals surface area contributed by atoms with E-state index in [1.807, 2.05) is 30.5 Å². The van der Waals surface area contributed by atoms with Crippen molar-refractivity contribution < 1.29 is 9.59 Å². The first-order valence-electron chi connectivity index (χ1n) is 8.78. The highest BCUT2D eigenvalue weighted by Crippen LogP contribution is 2.23. The Morgan fingerprint density at radius 2 is 2.00 bits per heavy atom. The molecule has 4 rings (SSSR count). The molecule has 1 aliphatic rings. The van der Waals surface area contributed by atoms with E-state index in [0.29, 0.717) is 15.9 Å². The molecule has 9 heteroatoms. The molecule has 7 nitrogen and oxygen atoms in total. The van der Waals surface area contributed by atoms with Crippen LogP contribution in [0.3, 0.4) is 0 Å². The highest BCUT2D eigenvalue weighted by Gasteiger charge is 2.32. The number of amides is 2. The predicted molar refractivity (Wildman–Crippen MR) is 118 cm³/mol. The molecule has 0 bridgehead atoms. The summed E-state index contributed by atoms with van der Waals surface area (Å²) in [5, 5.41) is 15.0. The number of fused-ring (bicyclic) bond motifs is 1. The van der Waals surface area contributed by atoms with Crippen LogP contribution in [0.5, 0.6) is 0 Å². The summed E-state index contributed by atoms with van der Waals surface area (Å²) >= 11 is 7.02. The average molecular weight is 426 g/mol. The van der Waals surface area contributed by atoms with Gasteiger partial charge in [-0.15, -0.1) is 5.10 Å². The Labute approximate surface area is 175 Å². The summed E-state index contributed by atoms with van der Waals surface area (Å²) in [4.78, 5) is 27.5. The lowest BCUT2D eigenvalue weighted by Crippen LogP contribution is -2.28. The Morgan fingerprint density at radius 3 is 2.83 bits per heavy atom. The van der Waals surface area contributed by atoms with Gasteiger partial charge in [-0.1, -0.05) is 41.6 Å². The number of rotatable bonds is 5. The zero-order valence-electron chi connectivity index (χ0n) is 15.1. The van der Waals surface area contributed by atoms with Crippen LogP contribution >= 0.6 is 23.4 Å².